The van der Waals surface area contributed by atoms with E-state index < -0.39 is 16.8 Å². The molecule has 1 aliphatic heterocycles. The van der Waals surface area contributed by atoms with Gasteiger partial charge in [0, 0.05) is 6.61 Å². The van der Waals surface area contributed by atoms with Crippen molar-refractivity contribution in [2.24, 2.45) is 0 Å². The molecule has 13 heavy (non-hydrogen) atoms. The highest BCUT2D eigenvalue weighted by atomic mass is 35.5. The lowest BCUT2D eigenvalue weighted by atomic mass is 10.0. The predicted octanol–water partition coefficient (Wildman–Crippen LogP) is 1.11. The quantitative estimate of drug-likeness (QED) is 0.698. The largest absolute Gasteiger partial charge is 0.399 e. The van der Waals surface area contributed by atoms with E-state index in [9.17, 15) is 13.6 Å². The monoisotopic (exact) mass is 213 g/mol. The van der Waals surface area contributed by atoms with Crippen molar-refractivity contribution in [3.8, 4) is 0 Å². The van der Waals surface area contributed by atoms with Gasteiger partial charge in [0.15, 0.2) is 0 Å². The highest BCUT2D eigenvalue weighted by molar-refractivity contribution is 6.32. The maximum Gasteiger partial charge on any atom is 0.399 e. The van der Waals surface area contributed by atoms with Gasteiger partial charge in [-0.15, -0.1) is 0 Å². The molecule has 1 amide bonds. The average molecular weight is 214 g/mol. The van der Waals surface area contributed by atoms with E-state index in [1.165, 1.54) is 0 Å². The number of nitrogens with one attached hydrogen (secondary N) is 1. The summed E-state index contributed by atoms with van der Waals surface area (Å²) in [6, 6.07) is 0. The van der Waals surface area contributed by atoms with Crippen molar-refractivity contribution in [2.75, 3.05) is 13.2 Å². The number of carbonyl (C=O) groups excluding carboxylic acids is 1. The van der Waals surface area contributed by atoms with Gasteiger partial charge in [-0.05, 0) is 24.9 Å². The van der Waals surface area contributed by atoms with E-state index in [4.69, 9.17) is 4.74 Å². The average Bonchev–Trinajstić information content (AvgIpc) is 2.33. The minimum absolute atomic E-state index is 0.242. The Hall–Kier alpha value is -0.420. The van der Waals surface area contributed by atoms with Crippen molar-refractivity contribution in [2.45, 2.75) is 24.3 Å². The summed E-state index contributed by atoms with van der Waals surface area (Å²) in [6.45, 7) is 2.34. The first-order valence-corrected chi connectivity index (χ1v) is 4.18. The molecule has 6 heteroatoms. The fourth-order valence-corrected chi connectivity index (χ4v) is 1.16. The first-order chi connectivity index (χ1) is 5.83. The normalized spacial score (nSPS) is 28.9. The summed E-state index contributed by atoms with van der Waals surface area (Å²) in [4.78, 5) is 10.8. The topological polar surface area (TPSA) is 38.3 Å². The Morgan fingerprint density at radius 1 is 1.69 bits per heavy atom. The third-order valence-electron chi connectivity index (χ3n) is 1.89. The molecule has 0 radical (unpaired) electrons. The fraction of sp³-hybridized carbons (Fsp3) is 0.857. The molecule has 0 saturated carbocycles. The third-order valence-corrected chi connectivity index (χ3v) is 2.06. The molecule has 0 aromatic carbocycles. The van der Waals surface area contributed by atoms with Gasteiger partial charge < -0.3 is 10.1 Å². The molecule has 1 N–H and O–H groups in total. The second-order valence-electron chi connectivity index (χ2n) is 3.32. The Bertz CT molecular complexity index is 211. The molecule has 0 bridgehead atoms. The maximum atomic E-state index is 12.3. The van der Waals surface area contributed by atoms with Gasteiger partial charge in [0.05, 0.1) is 12.1 Å². The molecule has 1 atom stereocenters. The van der Waals surface area contributed by atoms with Crippen LogP contribution in [0.2, 0.25) is 0 Å². The van der Waals surface area contributed by atoms with Gasteiger partial charge in [0.2, 0.25) is 0 Å². The van der Waals surface area contributed by atoms with Crippen LogP contribution in [0.3, 0.4) is 0 Å². The van der Waals surface area contributed by atoms with Crippen molar-refractivity contribution in [3.63, 3.8) is 0 Å². The van der Waals surface area contributed by atoms with Crippen LogP contribution in [0, 0.1) is 0 Å². The molecule has 0 aromatic heterocycles. The molecular weight excluding hydrogens is 204 g/mol. The van der Waals surface area contributed by atoms with Crippen LogP contribution < -0.4 is 5.32 Å². The molecule has 76 valence electrons. The molecule has 1 unspecified atom stereocenters. The van der Waals surface area contributed by atoms with Crippen molar-refractivity contribution in [3.05, 3.63) is 0 Å². The van der Waals surface area contributed by atoms with Gasteiger partial charge in [0.25, 0.3) is 0 Å². The van der Waals surface area contributed by atoms with Gasteiger partial charge in [-0.3, -0.25) is 4.79 Å². The molecular formula is C7H10ClF2NO2. The summed E-state index contributed by atoms with van der Waals surface area (Å²) >= 11 is 4.54. The van der Waals surface area contributed by atoms with Crippen LogP contribution in [0.4, 0.5) is 8.78 Å². The van der Waals surface area contributed by atoms with E-state index in [1.807, 2.05) is 0 Å². The van der Waals surface area contributed by atoms with E-state index in [-0.39, 0.29) is 6.61 Å². The van der Waals surface area contributed by atoms with Crippen molar-refractivity contribution < 1.29 is 18.3 Å². The SMILES string of the molecule is CC1(NC(=O)C(F)(F)Cl)CCOC1. The second-order valence-corrected chi connectivity index (χ2v) is 3.79. The highest BCUT2D eigenvalue weighted by Gasteiger charge is 2.41. The Labute approximate surface area is 79.4 Å². The van der Waals surface area contributed by atoms with Crippen LogP contribution in [0.15, 0.2) is 0 Å². The number of carbonyl (C=O) groups is 1. The summed E-state index contributed by atoms with van der Waals surface area (Å²) in [5.41, 5.74) is -0.713. The van der Waals surface area contributed by atoms with Crippen LogP contribution in [0.25, 0.3) is 0 Å². The van der Waals surface area contributed by atoms with Crippen LogP contribution >= 0.6 is 11.6 Å². The first-order valence-electron chi connectivity index (χ1n) is 3.81. The maximum absolute atomic E-state index is 12.3. The third kappa shape index (κ3) is 2.77. The standard InChI is InChI=1S/C7H10ClF2NO2/c1-6(2-3-13-4-6)11-5(12)7(8,9)10/h2-4H2,1H3,(H,11,12). The number of ether oxygens (including phenoxy) is 1. The molecule has 1 rings (SSSR count). The van der Waals surface area contributed by atoms with E-state index in [2.05, 4.69) is 16.9 Å². The van der Waals surface area contributed by atoms with E-state index in [0.717, 1.165) is 0 Å². The van der Waals surface area contributed by atoms with Gasteiger partial charge in [-0.25, -0.2) is 0 Å². The highest BCUT2D eigenvalue weighted by Crippen LogP contribution is 2.23. The lowest BCUT2D eigenvalue weighted by molar-refractivity contribution is -0.137. The summed E-state index contributed by atoms with van der Waals surface area (Å²) in [5.74, 6) is -1.47. The molecule has 1 fully saturated rings. The Morgan fingerprint density at radius 3 is 2.69 bits per heavy atom. The van der Waals surface area contributed by atoms with Gasteiger partial charge in [-0.1, -0.05) is 0 Å². The lowest BCUT2D eigenvalue weighted by Crippen LogP contribution is -2.51. The number of hydrogen-bond acceptors (Lipinski definition) is 2. The number of hydrogen-bond donors (Lipinski definition) is 1. The zero-order valence-corrected chi connectivity index (χ0v) is 7.83. The molecule has 1 aliphatic rings. The molecule has 0 spiro atoms. The smallest absolute Gasteiger partial charge is 0.379 e. The van der Waals surface area contributed by atoms with Crippen molar-refractivity contribution in [1.29, 1.82) is 0 Å². The Balaban J connectivity index is 2.53. The number of alkyl halides is 3. The molecule has 1 saturated heterocycles. The molecule has 0 aromatic rings. The summed E-state index contributed by atoms with van der Waals surface area (Å²) in [6.07, 6.45) is 0.520. The predicted molar refractivity (Wildman–Crippen MR) is 42.8 cm³/mol. The zero-order valence-electron chi connectivity index (χ0n) is 7.07. The Morgan fingerprint density at radius 2 is 2.31 bits per heavy atom. The summed E-state index contributed by atoms with van der Waals surface area (Å²) in [7, 11) is 0. The van der Waals surface area contributed by atoms with Gasteiger partial charge in [0.1, 0.15) is 0 Å². The van der Waals surface area contributed by atoms with E-state index in [1.54, 1.807) is 6.92 Å². The molecule has 3 nitrogen and oxygen atoms in total. The van der Waals surface area contributed by atoms with E-state index in [0.29, 0.717) is 13.0 Å². The van der Waals surface area contributed by atoms with Crippen LogP contribution in [0.5, 0.6) is 0 Å². The first kappa shape index (κ1) is 10.7. The number of rotatable bonds is 2. The van der Waals surface area contributed by atoms with Crippen LogP contribution in [-0.2, 0) is 9.53 Å². The fourth-order valence-electron chi connectivity index (χ4n) is 1.11. The Kier molecular flexibility index (Phi) is 2.77. The number of amides is 1. The van der Waals surface area contributed by atoms with Crippen LogP contribution in [-0.4, -0.2) is 30.0 Å². The minimum atomic E-state index is -3.84. The van der Waals surface area contributed by atoms with Crippen LogP contribution in [0.1, 0.15) is 13.3 Å². The van der Waals surface area contributed by atoms with Gasteiger partial charge >= 0.3 is 11.3 Å². The molecule has 1 heterocycles. The van der Waals surface area contributed by atoms with Crippen molar-refractivity contribution in [1.82, 2.24) is 5.32 Å². The second kappa shape index (κ2) is 3.38. The minimum Gasteiger partial charge on any atom is -0.379 e. The van der Waals surface area contributed by atoms with Gasteiger partial charge in [-0.2, -0.15) is 8.78 Å². The lowest BCUT2D eigenvalue weighted by Gasteiger charge is -2.24. The van der Waals surface area contributed by atoms with E-state index >= 15 is 0 Å². The zero-order chi connectivity index (χ0) is 10.1. The summed E-state index contributed by atoms with van der Waals surface area (Å²) in [5, 5.41) is -1.69. The molecule has 0 aliphatic carbocycles. The summed E-state index contributed by atoms with van der Waals surface area (Å²) < 4.78 is 29.5. The number of halogens is 3. The van der Waals surface area contributed by atoms with Crippen molar-refractivity contribution >= 4 is 17.5 Å².